The van der Waals surface area contributed by atoms with Gasteiger partial charge in [0.1, 0.15) is 0 Å². The van der Waals surface area contributed by atoms with Gasteiger partial charge < -0.3 is 30.0 Å². The number of aromatic amines is 2. The molecule has 4 aromatic carbocycles. The molecule has 2 N–H and O–H groups in total. The number of para-hydroxylation sites is 2. The first-order valence-corrected chi connectivity index (χ1v) is 18.1. The third-order valence-corrected chi connectivity index (χ3v) is 8.11. The van der Waals surface area contributed by atoms with Crippen molar-refractivity contribution in [1.29, 1.82) is 0 Å². The number of amides is 2. The molecule has 2 aromatic heterocycles. The molecule has 0 unspecified atom stereocenters. The summed E-state index contributed by atoms with van der Waals surface area (Å²) in [6, 6.07) is 22.7. The number of aromatic nitrogens is 2. The van der Waals surface area contributed by atoms with Gasteiger partial charge in [0.2, 0.25) is 12.8 Å². The van der Waals surface area contributed by atoms with E-state index in [2.05, 4.69) is 62.2 Å². The Balaban J connectivity index is 0.000000327. The Morgan fingerprint density at radius 3 is 1.29 bits per heavy atom. The Labute approximate surface area is 364 Å². The number of benzene rings is 4. The maximum Gasteiger partial charge on any atom is 2.00 e. The third-order valence-electron chi connectivity index (χ3n) is 7.13. The summed E-state index contributed by atoms with van der Waals surface area (Å²) in [6.45, 7) is 0. The van der Waals surface area contributed by atoms with E-state index in [-0.39, 0.29) is 39.6 Å². The number of nitrogens with one attached hydrogen (secondary N) is 2. The predicted molar refractivity (Wildman–Crippen MR) is 226 cm³/mol. The van der Waals surface area contributed by atoms with E-state index in [0.29, 0.717) is 0 Å². The predicted octanol–water partition coefficient (Wildman–Crippen LogP) is 5.37. The van der Waals surface area contributed by atoms with Crippen molar-refractivity contribution in [3.8, 4) is 0 Å². The van der Waals surface area contributed by atoms with E-state index in [1.807, 2.05) is 36.4 Å². The molecule has 18 nitrogen and oxygen atoms in total. The van der Waals surface area contributed by atoms with E-state index in [1.165, 1.54) is 70.8 Å². The van der Waals surface area contributed by atoms with Gasteiger partial charge in [0.25, 0.3) is 11.4 Å². The molecule has 0 aliphatic carbocycles. The molecule has 2 heterocycles. The molecule has 2 amide bonds. The van der Waals surface area contributed by atoms with Gasteiger partial charge in [0.05, 0.1) is 33.4 Å². The average Bonchev–Trinajstić information content (AvgIpc) is 3.81. The Bertz CT molecular complexity index is 2330. The second-order valence-electron chi connectivity index (χ2n) is 11.9. The molecule has 0 bridgehead atoms. The van der Waals surface area contributed by atoms with Crippen molar-refractivity contribution in [2.24, 2.45) is 20.4 Å². The van der Waals surface area contributed by atoms with Crippen LogP contribution >= 0.6 is 31.9 Å². The molecule has 0 fully saturated rings. The number of hydrogen-bond acceptors (Lipinski definition) is 12. The maximum atomic E-state index is 12.0. The molecule has 6 rings (SSSR count). The van der Waals surface area contributed by atoms with E-state index in [1.54, 1.807) is 40.6 Å². The number of H-pyrrole nitrogens is 2. The molecule has 0 aliphatic heterocycles. The molecule has 309 valence electrons. The van der Waals surface area contributed by atoms with Crippen LogP contribution in [0.25, 0.3) is 21.8 Å². The first kappa shape index (κ1) is 48.6. The zero-order chi connectivity index (χ0) is 42.8. The average molecular weight is 982 g/mol. The van der Waals surface area contributed by atoms with E-state index in [0.717, 1.165) is 54.7 Å². The van der Waals surface area contributed by atoms with Crippen molar-refractivity contribution in [2.75, 3.05) is 28.2 Å². The zero-order valence-electron chi connectivity index (χ0n) is 31.4. The first-order valence-electron chi connectivity index (χ1n) is 16.5. The van der Waals surface area contributed by atoms with Crippen molar-refractivity contribution in [3.63, 3.8) is 0 Å². The van der Waals surface area contributed by atoms with Crippen LogP contribution in [0.3, 0.4) is 0 Å². The van der Waals surface area contributed by atoms with Crippen LogP contribution in [0.4, 0.5) is 11.4 Å². The Morgan fingerprint density at radius 1 is 0.627 bits per heavy atom. The van der Waals surface area contributed by atoms with E-state index >= 15 is 0 Å². The molecule has 0 saturated carbocycles. The van der Waals surface area contributed by atoms with Gasteiger partial charge in [-0.1, -0.05) is 56.1 Å². The molecular weight excluding hydrogens is 948 g/mol. The Kier molecular flexibility index (Phi) is 20.0. The van der Waals surface area contributed by atoms with Crippen LogP contribution in [-0.4, -0.2) is 94.8 Å². The van der Waals surface area contributed by atoms with Crippen LogP contribution < -0.4 is 10.2 Å². The van der Waals surface area contributed by atoms with E-state index in [4.69, 9.17) is 0 Å². The number of carbonyl (C=O) groups excluding carboxylic acids is 2. The van der Waals surface area contributed by atoms with Gasteiger partial charge in [-0.3, -0.25) is 29.8 Å². The van der Waals surface area contributed by atoms with E-state index < -0.39 is 21.6 Å². The van der Waals surface area contributed by atoms with Gasteiger partial charge in [-0.05, 0) is 48.5 Å². The largest absolute Gasteiger partial charge is 2.00 e. The summed E-state index contributed by atoms with van der Waals surface area (Å²) in [5.41, 5.74) is 2.57. The number of hydrogen-bond donors (Lipinski definition) is 2. The third kappa shape index (κ3) is 15.0. The number of nitro benzene ring substituents is 2. The fourth-order valence-electron chi connectivity index (χ4n) is 4.46. The number of carbonyl (C=O) groups is 2. The SMILES string of the molecule is CN(C)C=O.CN(C)C=O.O=[N+]([O-])c1ccccc1/C([O-])=N/N=C\c1c[nH]c2ccc(Br)cc12.O=[N+]([O-])c1ccccc1/C([O-])=N/N=C\c1c[nH]c2ccc(Br)cc12.[Cu+2]. The topological polar surface area (TPSA) is 254 Å². The molecular formula is C38H34Br2CuN10O8. The number of rotatable bonds is 10. The van der Waals surface area contributed by atoms with Gasteiger partial charge in [-0.2, -0.15) is 20.4 Å². The van der Waals surface area contributed by atoms with Crippen LogP contribution in [0.1, 0.15) is 22.3 Å². The first-order chi connectivity index (χ1) is 27.7. The van der Waals surface area contributed by atoms with Crippen LogP contribution in [0.15, 0.2) is 127 Å². The standard InChI is InChI=1S/2C16H11BrN4O3.2C3H7NO.Cu/c2*17-11-5-6-14-13(7-11)10(8-18-14)9-19-20-16(22)12-3-1-2-4-15(12)21(23)24;2*1-4(2)3-5;/h2*1-9,18H,(H,20,22);2*3H,1-2H3;/q;;;;+2/p-2/b2*19-9-;;;. The van der Waals surface area contributed by atoms with Gasteiger partial charge >= 0.3 is 17.1 Å². The van der Waals surface area contributed by atoms with Gasteiger partial charge in [0, 0.05) is 106 Å². The molecule has 0 spiro atoms. The summed E-state index contributed by atoms with van der Waals surface area (Å²) in [7, 11) is 6.75. The summed E-state index contributed by atoms with van der Waals surface area (Å²) in [5.74, 6) is -1.53. The maximum absolute atomic E-state index is 12.0. The van der Waals surface area contributed by atoms with E-state index in [9.17, 15) is 40.0 Å². The van der Waals surface area contributed by atoms with Gasteiger partial charge in [-0.15, -0.1) is 0 Å². The van der Waals surface area contributed by atoms with Crippen molar-refractivity contribution >= 4 is 102 Å². The van der Waals surface area contributed by atoms with Crippen molar-refractivity contribution in [3.05, 3.63) is 149 Å². The molecule has 0 saturated heterocycles. The minimum Gasteiger partial charge on any atom is -0.857 e. The summed E-state index contributed by atoms with van der Waals surface area (Å²) >= 11 is 6.79. The Hall–Kier alpha value is -6.54. The van der Waals surface area contributed by atoms with Gasteiger partial charge in [-0.25, -0.2) is 0 Å². The van der Waals surface area contributed by atoms with Crippen LogP contribution in [0.2, 0.25) is 0 Å². The van der Waals surface area contributed by atoms with Gasteiger partial charge in [0.15, 0.2) is 0 Å². The minimum atomic E-state index is -0.764. The molecule has 21 heteroatoms. The molecule has 6 aromatic rings. The second kappa shape index (κ2) is 24.3. The quantitative estimate of drug-likeness (QED) is 0.0450. The summed E-state index contributed by atoms with van der Waals surface area (Å²) in [4.78, 5) is 48.5. The second-order valence-corrected chi connectivity index (χ2v) is 13.7. The zero-order valence-corrected chi connectivity index (χ0v) is 35.6. The van der Waals surface area contributed by atoms with Crippen LogP contribution in [0, 0.1) is 20.2 Å². The van der Waals surface area contributed by atoms with Crippen molar-refractivity contribution < 1.29 is 46.7 Å². The Morgan fingerprint density at radius 2 is 0.966 bits per heavy atom. The fraction of sp³-hybridized carbons (Fsp3) is 0.105. The minimum absolute atomic E-state index is 0. The monoisotopic (exact) mass is 979 g/mol. The number of nitrogens with zero attached hydrogens (tertiary/aromatic N) is 8. The molecule has 59 heavy (non-hydrogen) atoms. The smallest absolute Gasteiger partial charge is 0.857 e. The van der Waals surface area contributed by atoms with Crippen molar-refractivity contribution in [2.45, 2.75) is 0 Å². The van der Waals surface area contributed by atoms with Crippen molar-refractivity contribution in [1.82, 2.24) is 19.8 Å². The summed E-state index contributed by atoms with van der Waals surface area (Å²) < 4.78 is 1.83. The normalized spacial score (nSPS) is 11.0. The summed E-state index contributed by atoms with van der Waals surface area (Å²) in [5, 5.41) is 62.3. The molecule has 0 aliphatic rings. The van der Waals surface area contributed by atoms with Crippen LogP contribution in [0.5, 0.6) is 0 Å². The number of halogens is 2. The number of fused-ring (bicyclic) bond motifs is 2. The molecule has 0 atom stereocenters. The molecule has 1 radical (unpaired) electrons. The summed E-state index contributed by atoms with van der Waals surface area (Å²) in [6.07, 6.45) is 7.84. The van der Waals surface area contributed by atoms with Crippen LogP contribution in [-0.2, 0) is 26.7 Å². The fourth-order valence-corrected chi connectivity index (χ4v) is 5.19. The number of nitro groups is 2.